The average molecular weight is 327 g/mol. The molecule has 0 bridgehead atoms. The molecule has 1 heterocycles. The van der Waals surface area contributed by atoms with Gasteiger partial charge in [0, 0.05) is 36.6 Å². The summed E-state index contributed by atoms with van der Waals surface area (Å²) in [4.78, 5) is 0. The molecule has 0 fully saturated rings. The molecule has 6 nitrogen and oxygen atoms in total. The van der Waals surface area contributed by atoms with Crippen LogP contribution in [0.4, 0.5) is 18.9 Å². The number of aromatic nitrogens is 2. The highest BCUT2D eigenvalue weighted by Crippen LogP contribution is 2.31. The standard InChI is InChI=1S/C14H16F3N5O/c1-8-3-4-9(13(18)21-23)5-11(8)19-6-10-7-22(2)20-12(10)14(15,16)17/h3-5,7,19,23H,6H2,1-2H3,(H2,18,21). The van der Waals surface area contributed by atoms with Crippen LogP contribution < -0.4 is 11.1 Å². The van der Waals surface area contributed by atoms with Gasteiger partial charge in [-0.15, -0.1) is 0 Å². The van der Waals surface area contributed by atoms with Gasteiger partial charge >= 0.3 is 6.18 Å². The van der Waals surface area contributed by atoms with Crippen LogP contribution in [0.5, 0.6) is 0 Å². The summed E-state index contributed by atoms with van der Waals surface area (Å²) in [5.74, 6) is -0.0783. The molecule has 2 aromatic rings. The third kappa shape index (κ3) is 3.74. The summed E-state index contributed by atoms with van der Waals surface area (Å²) < 4.78 is 39.9. The normalized spacial score (nSPS) is 12.5. The van der Waals surface area contributed by atoms with E-state index in [0.717, 1.165) is 10.2 Å². The number of hydrogen-bond acceptors (Lipinski definition) is 4. The summed E-state index contributed by atoms with van der Waals surface area (Å²) in [5.41, 5.74) is 6.50. The van der Waals surface area contributed by atoms with Crippen molar-refractivity contribution >= 4 is 11.5 Å². The molecule has 0 atom stereocenters. The Hall–Kier alpha value is -2.71. The lowest BCUT2D eigenvalue weighted by Gasteiger charge is -2.12. The van der Waals surface area contributed by atoms with Gasteiger partial charge in [-0.2, -0.15) is 18.3 Å². The van der Waals surface area contributed by atoms with Crippen molar-refractivity contribution in [2.75, 3.05) is 5.32 Å². The van der Waals surface area contributed by atoms with Gasteiger partial charge in [0.25, 0.3) is 0 Å². The first-order valence-corrected chi connectivity index (χ1v) is 6.64. The van der Waals surface area contributed by atoms with Gasteiger partial charge in [-0.25, -0.2) is 0 Å². The van der Waals surface area contributed by atoms with Gasteiger partial charge in [0.1, 0.15) is 0 Å². The van der Waals surface area contributed by atoms with Gasteiger partial charge in [0.15, 0.2) is 11.5 Å². The highest BCUT2D eigenvalue weighted by Gasteiger charge is 2.36. The maximum Gasteiger partial charge on any atom is 0.435 e. The predicted octanol–water partition coefficient (Wildman–Crippen LogP) is 2.45. The van der Waals surface area contributed by atoms with Gasteiger partial charge in [-0.05, 0) is 18.6 Å². The van der Waals surface area contributed by atoms with Crippen LogP contribution in [0.3, 0.4) is 0 Å². The summed E-state index contributed by atoms with van der Waals surface area (Å²) in [6, 6.07) is 4.98. The molecule has 0 aliphatic rings. The van der Waals surface area contributed by atoms with Gasteiger partial charge in [0.05, 0.1) is 0 Å². The quantitative estimate of drug-likeness (QED) is 0.348. The Balaban J connectivity index is 2.25. The third-order valence-corrected chi connectivity index (χ3v) is 3.28. The summed E-state index contributed by atoms with van der Waals surface area (Å²) in [6.45, 7) is 1.75. The number of rotatable bonds is 4. The number of nitrogens with one attached hydrogen (secondary N) is 1. The van der Waals surface area contributed by atoms with Gasteiger partial charge in [-0.3, -0.25) is 4.68 Å². The van der Waals surface area contributed by atoms with E-state index in [4.69, 9.17) is 10.9 Å². The number of oxime groups is 1. The van der Waals surface area contributed by atoms with E-state index in [0.29, 0.717) is 11.3 Å². The van der Waals surface area contributed by atoms with Crippen LogP contribution >= 0.6 is 0 Å². The fourth-order valence-corrected chi connectivity index (χ4v) is 2.13. The Morgan fingerprint density at radius 1 is 1.43 bits per heavy atom. The number of nitrogens with two attached hydrogens (primary N) is 1. The van der Waals surface area contributed by atoms with Crippen LogP contribution in [0.25, 0.3) is 0 Å². The molecule has 0 unspecified atom stereocenters. The smallest absolute Gasteiger partial charge is 0.409 e. The van der Waals surface area contributed by atoms with E-state index in [2.05, 4.69) is 15.6 Å². The van der Waals surface area contributed by atoms with Crippen molar-refractivity contribution in [2.45, 2.75) is 19.6 Å². The van der Waals surface area contributed by atoms with Gasteiger partial charge in [-0.1, -0.05) is 17.3 Å². The molecule has 124 valence electrons. The number of amidine groups is 1. The van der Waals surface area contributed by atoms with Crippen molar-refractivity contribution in [1.29, 1.82) is 0 Å². The fraction of sp³-hybridized carbons (Fsp3) is 0.286. The summed E-state index contributed by atoms with van der Waals surface area (Å²) in [7, 11) is 1.43. The lowest BCUT2D eigenvalue weighted by molar-refractivity contribution is -0.142. The Morgan fingerprint density at radius 2 is 2.13 bits per heavy atom. The third-order valence-electron chi connectivity index (χ3n) is 3.28. The average Bonchev–Trinajstić information content (AvgIpc) is 2.87. The Bertz CT molecular complexity index is 736. The first-order chi connectivity index (χ1) is 10.7. The maximum atomic E-state index is 12.9. The molecule has 1 aromatic carbocycles. The second kappa shape index (κ2) is 6.19. The van der Waals surface area contributed by atoms with Crippen molar-refractivity contribution in [3.8, 4) is 0 Å². The molecule has 0 saturated heterocycles. The molecule has 4 N–H and O–H groups in total. The molecule has 0 amide bonds. The molecule has 0 spiro atoms. The molecular weight excluding hydrogens is 311 g/mol. The zero-order chi connectivity index (χ0) is 17.2. The summed E-state index contributed by atoms with van der Waals surface area (Å²) >= 11 is 0. The van der Waals surface area contributed by atoms with Crippen LogP contribution in [0.2, 0.25) is 0 Å². The van der Waals surface area contributed by atoms with Crippen molar-refractivity contribution in [3.05, 3.63) is 46.8 Å². The van der Waals surface area contributed by atoms with Gasteiger partial charge < -0.3 is 16.3 Å². The molecule has 0 aliphatic heterocycles. The lowest BCUT2D eigenvalue weighted by atomic mass is 10.1. The van der Waals surface area contributed by atoms with Gasteiger partial charge in [0.2, 0.25) is 0 Å². The first-order valence-electron chi connectivity index (χ1n) is 6.64. The van der Waals surface area contributed by atoms with Crippen LogP contribution in [0.15, 0.2) is 29.6 Å². The van der Waals surface area contributed by atoms with Crippen LogP contribution in [0.1, 0.15) is 22.4 Å². The zero-order valence-electron chi connectivity index (χ0n) is 12.5. The molecule has 9 heteroatoms. The summed E-state index contributed by atoms with van der Waals surface area (Å²) in [6.07, 6.45) is -3.19. The second-order valence-electron chi connectivity index (χ2n) is 5.04. The molecule has 2 rings (SSSR count). The number of alkyl halides is 3. The second-order valence-corrected chi connectivity index (χ2v) is 5.04. The fourth-order valence-electron chi connectivity index (χ4n) is 2.13. The minimum Gasteiger partial charge on any atom is -0.409 e. The predicted molar refractivity (Wildman–Crippen MR) is 79.2 cm³/mol. The minimum absolute atomic E-state index is 0.0357. The molecule has 0 radical (unpaired) electrons. The van der Waals surface area contributed by atoms with Crippen LogP contribution in [-0.4, -0.2) is 20.8 Å². The van der Waals surface area contributed by atoms with Crippen LogP contribution in [0, 0.1) is 6.92 Å². The van der Waals surface area contributed by atoms with E-state index in [1.165, 1.54) is 13.2 Å². The molecule has 23 heavy (non-hydrogen) atoms. The van der Waals surface area contributed by atoms with E-state index in [1.807, 2.05) is 0 Å². The highest BCUT2D eigenvalue weighted by atomic mass is 19.4. The van der Waals surface area contributed by atoms with Crippen LogP contribution in [-0.2, 0) is 19.8 Å². The number of anilines is 1. The lowest BCUT2D eigenvalue weighted by Crippen LogP contribution is -2.14. The number of hydrogen-bond donors (Lipinski definition) is 3. The number of nitrogens with zero attached hydrogens (tertiary/aromatic N) is 3. The Labute approximate surface area is 130 Å². The van der Waals surface area contributed by atoms with Crippen molar-refractivity contribution < 1.29 is 18.4 Å². The number of benzene rings is 1. The monoisotopic (exact) mass is 327 g/mol. The Morgan fingerprint density at radius 3 is 2.74 bits per heavy atom. The molecule has 0 aliphatic carbocycles. The molecular formula is C14H16F3N5O. The maximum absolute atomic E-state index is 12.9. The topological polar surface area (TPSA) is 88.5 Å². The SMILES string of the molecule is Cc1ccc(/C(N)=N/O)cc1NCc1cn(C)nc1C(F)(F)F. The minimum atomic E-state index is -4.51. The van der Waals surface area contributed by atoms with Crippen molar-refractivity contribution in [1.82, 2.24) is 9.78 Å². The van der Waals surface area contributed by atoms with E-state index in [1.54, 1.807) is 25.1 Å². The highest BCUT2D eigenvalue weighted by molar-refractivity contribution is 5.98. The summed E-state index contributed by atoms with van der Waals surface area (Å²) in [5, 5.41) is 18.0. The van der Waals surface area contributed by atoms with Crippen molar-refractivity contribution in [3.63, 3.8) is 0 Å². The first kappa shape index (κ1) is 16.7. The number of halogens is 3. The molecule has 0 saturated carbocycles. The number of aryl methyl sites for hydroxylation is 2. The van der Waals surface area contributed by atoms with E-state index >= 15 is 0 Å². The largest absolute Gasteiger partial charge is 0.435 e. The van der Waals surface area contributed by atoms with E-state index in [9.17, 15) is 13.2 Å². The van der Waals surface area contributed by atoms with Crippen molar-refractivity contribution in [2.24, 2.45) is 17.9 Å². The Kier molecular flexibility index (Phi) is 4.48. The zero-order valence-corrected chi connectivity index (χ0v) is 12.5. The molecule has 1 aromatic heterocycles. The van der Waals surface area contributed by atoms with E-state index in [-0.39, 0.29) is 17.9 Å². The van der Waals surface area contributed by atoms with E-state index < -0.39 is 11.9 Å².